The van der Waals surface area contributed by atoms with E-state index in [1.807, 2.05) is 52.0 Å². The predicted octanol–water partition coefficient (Wildman–Crippen LogP) is 21.3. The van der Waals surface area contributed by atoms with Crippen LogP contribution in [0.4, 0.5) is 0 Å². The maximum atomic E-state index is 11.4. The van der Waals surface area contributed by atoms with Crippen molar-refractivity contribution < 1.29 is 58.6 Å². The SMILES string of the molecule is C=CCCC/C=C/CCCCCCCCC(=O)OCC(O)CC.C=CCCC/C=C\CCCCCCCCC(=O)OCC(O)CC.C=CCCCC/C=C/CCCCCCCC(=O)OCC(O)CC.C=CCCCC/C=C\CCCCCCCC(=O)OCC(O)CC. The number of hydrogen-bond acceptors (Lipinski definition) is 12. The first-order valence-electron chi connectivity index (χ1n) is 37.2. The first-order chi connectivity index (χ1) is 44.8. The largest absolute Gasteiger partial charge is 0.463 e. The van der Waals surface area contributed by atoms with Crippen molar-refractivity contribution >= 4 is 23.9 Å². The number of ether oxygens (including phenoxy) is 4. The molecule has 12 heteroatoms. The van der Waals surface area contributed by atoms with E-state index >= 15 is 0 Å². The van der Waals surface area contributed by atoms with Gasteiger partial charge in [-0.2, -0.15) is 0 Å². The molecule has 0 fully saturated rings. The van der Waals surface area contributed by atoms with Crippen molar-refractivity contribution in [1.29, 1.82) is 0 Å². The molecule has 0 aliphatic heterocycles. The number of unbranched alkanes of at least 4 members (excludes halogenated alkanes) is 32. The lowest BCUT2D eigenvalue weighted by atomic mass is 10.1. The summed E-state index contributed by atoms with van der Waals surface area (Å²) in [6, 6.07) is 0. The van der Waals surface area contributed by atoms with Gasteiger partial charge in [-0.25, -0.2) is 0 Å². The summed E-state index contributed by atoms with van der Waals surface area (Å²) in [6.45, 7) is 22.9. The van der Waals surface area contributed by atoms with Crippen LogP contribution >= 0.6 is 0 Å². The van der Waals surface area contributed by atoms with Gasteiger partial charge < -0.3 is 39.4 Å². The van der Waals surface area contributed by atoms with Gasteiger partial charge in [0.1, 0.15) is 26.4 Å². The number of allylic oxidation sites excluding steroid dienone is 12. The molecule has 4 unspecified atom stereocenters. The molecule has 0 aromatic rings. The Labute approximate surface area is 565 Å². The molecule has 536 valence electrons. The Bertz CT molecular complexity index is 1610. The van der Waals surface area contributed by atoms with Gasteiger partial charge in [-0.15, -0.1) is 26.3 Å². The average molecular weight is 1300 g/mol. The average Bonchev–Trinajstić information content (AvgIpc) is 3.60. The van der Waals surface area contributed by atoms with Crippen LogP contribution in [-0.4, -0.2) is 95.1 Å². The van der Waals surface area contributed by atoms with Crippen molar-refractivity contribution in [2.75, 3.05) is 26.4 Å². The second-order valence-corrected chi connectivity index (χ2v) is 24.4. The van der Waals surface area contributed by atoms with Gasteiger partial charge in [0.15, 0.2) is 0 Å². The number of carbonyl (C=O) groups excluding carboxylic acids is 4. The van der Waals surface area contributed by atoms with E-state index in [-0.39, 0.29) is 50.3 Å². The van der Waals surface area contributed by atoms with Crippen molar-refractivity contribution in [1.82, 2.24) is 0 Å². The lowest BCUT2D eigenvalue weighted by molar-refractivity contribution is -0.147. The third kappa shape index (κ3) is 87.7. The zero-order valence-electron chi connectivity index (χ0n) is 59.9. The maximum Gasteiger partial charge on any atom is 0.305 e. The number of aliphatic hydroxyl groups excluding tert-OH is 4. The van der Waals surface area contributed by atoms with Crippen molar-refractivity contribution in [2.24, 2.45) is 0 Å². The lowest BCUT2D eigenvalue weighted by Crippen LogP contribution is -2.17. The quantitative estimate of drug-likeness (QED) is 0.0196. The number of aliphatic hydroxyl groups is 4. The van der Waals surface area contributed by atoms with E-state index < -0.39 is 24.4 Å². The zero-order valence-corrected chi connectivity index (χ0v) is 59.9. The summed E-state index contributed by atoms with van der Waals surface area (Å²) in [4.78, 5) is 45.7. The van der Waals surface area contributed by atoms with Crippen LogP contribution in [0.5, 0.6) is 0 Å². The Morgan fingerprint density at radius 2 is 0.402 bits per heavy atom. The molecule has 0 aromatic heterocycles. The summed E-state index contributed by atoms with van der Waals surface area (Å²) >= 11 is 0. The van der Waals surface area contributed by atoms with Crippen LogP contribution < -0.4 is 0 Å². The molecule has 4 atom stereocenters. The van der Waals surface area contributed by atoms with E-state index in [0.717, 1.165) is 89.9 Å². The van der Waals surface area contributed by atoms with Crippen LogP contribution in [-0.2, 0) is 38.1 Å². The highest BCUT2D eigenvalue weighted by Crippen LogP contribution is 2.15. The molecule has 12 nitrogen and oxygen atoms in total. The fourth-order valence-corrected chi connectivity index (χ4v) is 8.92. The van der Waals surface area contributed by atoms with Crippen molar-refractivity contribution in [2.45, 2.75) is 360 Å². The van der Waals surface area contributed by atoms with Gasteiger partial charge in [0, 0.05) is 25.7 Å². The highest BCUT2D eigenvalue weighted by atomic mass is 16.6. The second-order valence-electron chi connectivity index (χ2n) is 24.4. The molecule has 0 saturated heterocycles. The van der Waals surface area contributed by atoms with Crippen molar-refractivity contribution in [3.63, 3.8) is 0 Å². The third-order valence-electron chi connectivity index (χ3n) is 15.4. The molecule has 0 heterocycles. The number of esters is 4. The first-order valence-corrected chi connectivity index (χ1v) is 37.2. The Balaban J connectivity index is -0.000000561. The van der Waals surface area contributed by atoms with E-state index in [2.05, 4.69) is 74.9 Å². The Hall–Kier alpha value is -4.36. The minimum atomic E-state index is -0.519. The smallest absolute Gasteiger partial charge is 0.305 e. The van der Waals surface area contributed by atoms with E-state index in [9.17, 15) is 39.6 Å². The molecule has 4 N–H and O–H groups in total. The van der Waals surface area contributed by atoms with E-state index in [1.54, 1.807) is 0 Å². The molecule has 0 bridgehead atoms. The monoisotopic (exact) mass is 1300 g/mol. The third-order valence-corrected chi connectivity index (χ3v) is 15.4. The summed E-state index contributed by atoms with van der Waals surface area (Å²) < 4.78 is 20.0. The van der Waals surface area contributed by atoms with Crippen LogP contribution in [0.15, 0.2) is 99.2 Å². The first kappa shape index (κ1) is 94.0. The van der Waals surface area contributed by atoms with Crippen molar-refractivity contribution in [3.05, 3.63) is 99.2 Å². The number of carbonyl (C=O) groups is 4. The molecule has 0 rings (SSSR count). The van der Waals surface area contributed by atoms with E-state index in [0.29, 0.717) is 51.4 Å². The summed E-state index contributed by atoms with van der Waals surface area (Å²) in [5, 5.41) is 37.2. The van der Waals surface area contributed by atoms with Gasteiger partial charge in [-0.1, -0.05) is 190 Å². The van der Waals surface area contributed by atoms with Gasteiger partial charge in [0.25, 0.3) is 0 Å². The molecule has 0 aromatic carbocycles. The molecule has 0 amide bonds. The summed E-state index contributed by atoms with van der Waals surface area (Å²) in [5.74, 6) is -0.730. The van der Waals surface area contributed by atoms with Crippen LogP contribution in [0.3, 0.4) is 0 Å². The predicted molar refractivity (Wildman–Crippen MR) is 390 cm³/mol. The second kappa shape index (κ2) is 82.7. The van der Waals surface area contributed by atoms with Crippen LogP contribution in [0.1, 0.15) is 336 Å². The van der Waals surface area contributed by atoms with Crippen molar-refractivity contribution in [3.8, 4) is 0 Å². The zero-order chi connectivity index (χ0) is 68.7. The van der Waals surface area contributed by atoms with E-state index in [4.69, 9.17) is 18.9 Å². The summed E-state index contributed by atoms with van der Waals surface area (Å²) in [6.07, 6.45) is 74.9. The molecule has 0 radical (unpaired) electrons. The standard InChI is InChI=1S/4C20H36O3/c4*1-3-5-6-7-8-9-10-11-12-13-14-15-16-17-20(22)23-18-19(21)4-2/h2*3,9-10,19,21H,1,4-8,11-18H2,2H3;2*3,8-9,19,21H,1,4-7,10-18H2,2H3/b10-9+;10-9-;9-8+;9-8-. The summed E-state index contributed by atoms with van der Waals surface area (Å²) in [5.41, 5.74) is 0. The molecule has 0 spiro atoms. The fraction of sp³-hybridized carbons (Fsp3) is 0.750. The molecule has 0 aliphatic carbocycles. The molecule has 92 heavy (non-hydrogen) atoms. The minimum absolute atomic E-state index is 0.134. The summed E-state index contributed by atoms with van der Waals surface area (Å²) in [7, 11) is 0. The fourth-order valence-electron chi connectivity index (χ4n) is 8.92. The highest BCUT2D eigenvalue weighted by Gasteiger charge is 2.10. The maximum absolute atomic E-state index is 11.4. The molecular weight excluding hydrogens is 1150 g/mol. The Morgan fingerprint density at radius 3 is 0.598 bits per heavy atom. The van der Waals surface area contributed by atoms with Gasteiger partial charge in [-0.3, -0.25) is 19.2 Å². The number of rotatable bonds is 64. The normalized spacial score (nSPS) is 12.4. The Kier molecular flexibility index (Phi) is 84.6. The van der Waals surface area contributed by atoms with Gasteiger partial charge >= 0.3 is 23.9 Å². The minimum Gasteiger partial charge on any atom is -0.463 e. The van der Waals surface area contributed by atoms with E-state index in [1.165, 1.54) is 167 Å². The number of hydrogen-bond donors (Lipinski definition) is 4. The van der Waals surface area contributed by atoms with Gasteiger partial charge in [-0.05, 0) is 193 Å². The molecule has 0 aliphatic rings. The van der Waals surface area contributed by atoms with Crippen LogP contribution in [0.25, 0.3) is 0 Å². The lowest BCUT2D eigenvalue weighted by Gasteiger charge is -2.08. The van der Waals surface area contributed by atoms with Crippen LogP contribution in [0.2, 0.25) is 0 Å². The molecular formula is C80H144O12. The van der Waals surface area contributed by atoms with Gasteiger partial charge in [0.05, 0.1) is 24.4 Å². The highest BCUT2D eigenvalue weighted by molar-refractivity contribution is 5.70. The topological polar surface area (TPSA) is 186 Å². The molecule has 0 saturated carbocycles. The van der Waals surface area contributed by atoms with Gasteiger partial charge in [0.2, 0.25) is 0 Å². The Morgan fingerprint density at radius 1 is 0.250 bits per heavy atom. The van der Waals surface area contributed by atoms with Crippen LogP contribution in [0, 0.1) is 0 Å².